The average molecular weight is 421 g/mol. The Morgan fingerprint density at radius 2 is 2.10 bits per heavy atom. The fourth-order valence-electron chi connectivity index (χ4n) is 3.87. The third kappa shape index (κ3) is 5.50. The summed E-state index contributed by atoms with van der Waals surface area (Å²) < 4.78 is 20.3. The number of aromatic amines is 1. The van der Waals surface area contributed by atoms with Crippen molar-refractivity contribution in [1.82, 2.24) is 14.9 Å². The number of nitrogens with one attached hydrogen (secondary N) is 1. The first-order chi connectivity index (χ1) is 15.1. The van der Waals surface area contributed by atoms with Crippen LogP contribution in [0.25, 0.3) is 11.0 Å². The molecule has 4 rings (SSSR count). The van der Waals surface area contributed by atoms with Gasteiger partial charge in [0.15, 0.2) is 0 Å². The van der Waals surface area contributed by atoms with E-state index in [0.29, 0.717) is 17.9 Å². The van der Waals surface area contributed by atoms with Gasteiger partial charge in [0.2, 0.25) is 0 Å². The maximum absolute atomic E-state index is 13.7. The van der Waals surface area contributed by atoms with Crippen LogP contribution in [0.3, 0.4) is 0 Å². The summed E-state index contributed by atoms with van der Waals surface area (Å²) in [7, 11) is 2.13. The Bertz CT molecular complexity index is 1080. The standard InChI is InChI=1S/C25H29FN4O/c1-30-14-11-21(12-15-30)31-24(25-28-22-10-9-20(26)17-23(22)29-25)19-8-5-7-18(16-19)6-3-2-4-13-27/h5,7-10,16-17,21,24H,2,4,11-15,27H2,1H3,(H,28,29). The number of H-pyrrole nitrogens is 1. The number of piperidine rings is 1. The number of imidazole rings is 1. The Morgan fingerprint density at radius 3 is 2.90 bits per heavy atom. The maximum Gasteiger partial charge on any atom is 0.141 e. The van der Waals surface area contributed by atoms with Crippen molar-refractivity contribution < 1.29 is 9.13 Å². The molecule has 2 aromatic carbocycles. The molecule has 5 nitrogen and oxygen atoms in total. The summed E-state index contributed by atoms with van der Waals surface area (Å²) in [5.74, 6) is 6.80. The predicted molar refractivity (Wildman–Crippen MR) is 121 cm³/mol. The predicted octanol–water partition coefficient (Wildman–Crippen LogP) is 3.99. The van der Waals surface area contributed by atoms with E-state index >= 15 is 0 Å². The summed E-state index contributed by atoms with van der Waals surface area (Å²) in [6, 6.07) is 12.7. The van der Waals surface area contributed by atoms with Gasteiger partial charge in [0.25, 0.3) is 0 Å². The first kappa shape index (κ1) is 21.5. The molecule has 1 aromatic heterocycles. The second-order valence-electron chi connectivity index (χ2n) is 8.12. The molecule has 0 spiro atoms. The van der Waals surface area contributed by atoms with Gasteiger partial charge >= 0.3 is 0 Å². The number of nitrogens with two attached hydrogens (primary N) is 1. The lowest BCUT2D eigenvalue weighted by atomic mass is 10.0. The van der Waals surface area contributed by atoms with Crippen LogP contribution in [0.15, 0.2) is 42.5 Å². The van der Waals surface area contributed by atoms with Gasteiger partial charge in [-0.25, -0.2) is 9.37 Å². The molecule has 0 amide bonds. The van der Waals surface area contributed by atoms with Crippen LogP contribution in [0.2, 0.25) is 0 Å². The molecule has 1 atom stereocenters. The molecule has 3 N–H and O–H groups in total. The summed E-state index contributed by atoms with van der Waals surface area (Å²) in [6.45, 7) is 2.67. The fourth-order valence-corrected chi connectivity index (χ4v) is 3.87. The van der Waals surface area contributed by atoms with Gasteiger partial charge in [0.05, 0.1) is 17.1 Å². The van der Waals surface area contributed by atoms with Crippen molar-refractivity contribution in [3.8, 4) is 11.8 Å². The first-order valence-corrected chi connectivity index (χ1v) is 10.9. The Labute approximate surface area is 182 Å². The SMILES string of the molecule is CN1CCC(OC(c2cccc(C#CCCCN)c2)c2nc3ccc(F)cc3[nH]2)CC1. The van der Waals surface area contributed by atoms with Crippen molar-refractivity contribution in [1.29, 1.82) is 0 Å². The third-order valence-electron chi connectivity index (χ3n) is 5.63. The van der Waals surface area contributed by atoms with Crippen molar-refractivity contribution in [3.05, 3.63) is 65.2 Å². The van der Waals surface area contributed by atoms with Crippen LogP contribution in [-0.4, -0.2) is 47.7 Å². The largest absolute Gasteiger partial charge is 0.362 e. The van der Waals surface area contributed by atoms with Crippen LogP contribution >= 0.6 is 0 Å². The first-order valence-electron chi connectivity index (χ1n) is 10.9. The molecule has 1 aliphatic heterocycles. The number of nitrogens with zero attached hydrogens (tertiary/aromatic N) is 2. The molecule has 0 bridgehead atoms. The highest BCUT2D eigenvalue weighted by Gasteiger charge is 2.26. The van der Waals surface area contributed by atoms with E-state index in [2.05, 4.69) is 34.8 Å². The zero-order valence-electron chi connectivity index (χ0n) is 17.9. The summed E-state index contributed by atoms with van der Waals surface area (Å²) >= 11 is 0. The van der Waals surface area contributed by atoms with Crippen molar-refractivity contribution in [3.63, 3.8) is 0 Å². The minimum absolute atomic E-state index is 0.144. The second-order valence-corrected chi connectivity index (χ2v) is 8.12. The number of hydrogen-bond donors (Lipinski definition) is 2. The van der Waals surface area contributed by atoms with Crippen LogP contribution in [0.5, 0.6) is 0 Å². The molecule has 1 aliphatic rings. The Morgan fingerprint density at radius 1 is 1.26 bits per heavy atom. The number of rotatable bonds is 6. The molecule has 2 heterocycles. The van der Waals surface area contributed by atoms with Crippen LogP contribution in [0, 0.1) is 17.7 Å². The number of unbranched alkanes of at least 4 members (excludes halogenated alkanes) is 1. The summed E-state index contributed by atoms with van der Waals surface area (Å²) in [5.41, 5.74) is 8.88. The number of halogens is 1. The van der Waals surface area contributed by atoms with E-state index in [1.165, 1.54) is 12.1 Å². The molecule has 0 saturated carbocycles. The smallest absolute Gasteiger partial charge is 0.141 e. The van der Waals surface area contributed by atoms with Crippen LogP contribution < -0.4 is 5.73 Å². The summed E-state index contributed by atoms with van der Waals surface area (Å²) in [5, 5.41) is 0. The Kier molecular flexibility index (Phi) is 6.98. The molecule has 162 valence electrons. The summed E-state index contributed by atoms with van der Waals surface area (Å²) in [6.07, 6.45) is 3.40. The van der Waals surface area contributed by atoms with Gasteiger partial charge in [-0.1, -0.05) is 24.0 Å². The molecule has 1 saturated heterocycles. The number of aromatic nitrogens is 2. The highest BCUT2D eigenvalue weighted by Crippen LogP contribution is 2.30. The third-order valence-corrected chi connectivity index (χ3v) is 5.63. The number of fused-ring (bicyclic) bond motifs is 1. The number of likely N-dealkylation sites (tertiary alicyclic amines) is 1. The molecule has 6 heteroatoms. The van der Waals surface area contributed by atoms with Crippen molar-refractivity contribution in [2.45, 2.75) is 37.9 Å². The van der Waals surface area contributed by atoms with E-state index in [-0.39, 0.29) is 18.0 Å². The van der Waals surface area contributed by atoms with E-state index in [0.717, 1.165) is 55.4 Å². The normalized spacial score (nSPS) is 16.2. The minimum atomic E-state index is -0.366. The highest BCUT2D eigenvalue weighted by atomic mass is 19.1. The van der Waals surface area contributed by atoms with E-state index in [1.807, 2.05) is 18.2 Å². The van der Waals surface area contributed by atoms with Crippen LogP contribution in [0.1, 0.15) is 48.7 Å². The second kappa shape index (κ2) is 10.1. The number of hydrogen-bond acceptors (Lipinski definition) is 4. The van der Waals surface area contributed by atoms with Gasteiger partial charge in [-0.2, -0.15) is 0 Å². The van der Waals surface area contributed by atoms with Crippen LogP contribution in [0.4, 0.5) is 4.39 Å². The van der Waals surface area contributed by atoms with Crippen molar-refractivity contribution in [2.75, 3.05) is 26.7 Å². The fraction of sp³-hybridized carbons (Fsp3) is 0.400. The Balaban J connectivity index is 1.65. The molecular weight excluding hydrogens is 391 g/mol. The zero-order valence-corrected chi connectivity index (χ0v) is 17.9. The van der Waals surface area contributed by atoms with E-state index in [9.17, 15) is 4.39 Å². The molecule has 31 heavy (non-hydrogen) atoms. The summed E-state index contributed by atoms with van der Waals surface area (Å²) in [4.78, 5) is 10.3. The number of ether oxygens (including phenoxy) is 1. The van der Waals surface area contributed by atoms with E-state index in [1.54, 1.807) is 6.07 Å². The lowest BCUT2D eigenvalue weighted by molar-refractivity contribution is -0.0264. The topological polar surface area (TPSA) is 67.2 Å². The van der Waals surface area contributed by atoms with Crippen molar-refractivity contribution in [2.24, 2.45) is 5.73 Å². The average Bonchev–Trinajstić information content (AvgIpc) is 3.19. The highest BCUT2D eigenvalue weighted by molar-refractivity contribution is 5.75. The van der Waals surface area contributed by atoms with E-state index in [4.69, 9.17) is 15.5 Å². The van der Waals surface area contributed by atoms with Gasteiger partial charge < -0.3 is 20.4 Å². The molecule has 1 fully saturated rings. The quantitative estimate of drug-likeness (QED) is 0.467. The van der Waals surface area contributed by atoms with E-state index < -0.39 is 0 Å². The Hall–Kier alpha value is -2.72. The van der Waals surface area contributed by atoms with Gasteiger partial charge in [0, 0.05) is 25.1 Å². The van der Waals surface area contributed by atoms with Gasteiger partial charge in [-0.15, -0.1) is 0 Å². The molecule has 3 aromatic rings. The lowest BCUT2D eigenvalue weighted by Crippen LogP contribution is -2.35. The zero-order chi connectivity index (χ0) is 21.6. The van der Waals surface area contributed by atoms with Gasteiger partial charge in [-0.3, -0.25) is 0 Å². The molecule has 0 radical (unpaired) electrons. The van der Waals surface area contributed by atoms with Crippen LogP contribution in [-0.2, 0) is 4.74 Å². The lowest BCUT2D eigenvalue weighted by Gasteiger charge is -2.31. The minimum Gasteiger partial charge on any atom is -0.362 e. The monoisotopic (exact) mass is 420 g/mol. The van der Waals surface area contributed by atoms with Gasteiger partial charge in [-0.05, 0) is 68.8 Å². The maximum atomic E-state index is 13.7. The number of benzene rings is 2. The van der Waals surface area contributed by atoms with Crippen molar-refractivity contribution >= 4 is 11.0 Å². The molecule has 0 aliphatic carbocycles. The molecular formula is C25H29FN4O. The molecule has 1 unspecified atom stereocenters. The van der Waals surface area contributed by atoms with Gasteiger partial charge in [0.1, 0.15) is 17.7 Å².